The van der Waals surface area contributed by atoms with Gasteiger partial charge in [-0.05, 0) is 29.5 Å². The van der Waals surface area contributed by atoms with Gasteiger partial charge in [0.2, 0.25) is 0 Å². The minimum atomic E-state index is 0. The molecule has 0 aliphatic heterocycles. The van der Waals surface area contributed by atoms with Crippen molar-refractivity contribution >= 4 is 12.4 Å². The van der Waals surface area contributed by atoms with Gasteiger partial charge in [-0.1, -0.05) is 54.6 Å². The molecule has 3 rings (SSSR count). The summed E-state index contributed by atoms with van der Waals surface area (Å²) in [6.45, 7) is 0.958. The summed E-state index contributed by atoms with van der Waals surface area (Å²) in [5, 5.41) is 3.65. The van der Waals surface area contributed by atoms with Crippen molar-refractivity contribution in [1.29, 1.82) is 0 Å². The van der Waals surface area contributed by atoms with E-state index >= 15 is 0 Å². The summed E-state index contributed by atoms with van der Waals surface area (Å²) < 4.78 is 0. The first kappa shape index (κ1) is 13.1. The lowest BCUT2D eigenvalue weighted by Crippen LogP contribution is -2.18. The molecule has 94 valence electrons. The normalized spacial score (nSPS) is 17.0. The van der Waals surface area contributed by atoms with Crippen LogP contribution in [0.4, 0.5) is 0 Å². The van der Waals surface area contributed by atoms with E-state index < -0.39 is 0 Å². The summed E-state index contributed by atoms with van der Waals surface area (Å²) in [6.07, 6.45) is 2.44. The fourth-order valence-electron chi connectivity index (χ4n) is 2.61. The first-order valence-electron chi connectivity index (χ1n) is 6.28. The first-order valence-corrected chi connectivity index (χ1v) is 6.28. The predicted molar refractivity (Wildman–Crippen MR) is 78.0 cm³/mol. The van der Waals surface area contributed by atoms with Gasteiger partial charge in [-0.3, -0.25) is 0 Å². The van der Waals surface area contributed by atoms with Crippen molar-refractivity contribution in [1.82, 2.24) is 5.32 Å². The number of nitrogens with one attached hydrogen (secondary N) is 1. The molecule has 1 nitrogen and oxygen atoms in total. The fourth-order valence-corrected chi connectivity index (χ4v) is 2.61. The van der Waals surface area contributed by atoms with Crippen molar-refractivity contribution < 1.29 is 0 Å². The monoisotopic (exact) mass is 259 g/mol. The Bertz CT molecular complexity index is 495. The fraction of sp³-hybridized carbons (Fsp3) is 0.250. The SMILES string of the molecule is Cl.c1ccc(CN[C@@H]2CCc3ccccc32)cc1. The maximum atomic E-state index is 3.65. The Balaban J connectivity index is 0.00000120. The van der Waals surface area contributed by atoms with E-state index in [9.17, 15) is 0 Å². The second-order valence-electron chi connectivity index (χ2n) is 4.66. The summed E-state index contributed by atoms with van der Waals surface area (Å²) in [5.74, 6) is 0. The van der Waals surface area contributed by atoms with E-state index in [2.05, 4.69) is 59.9 Å². The van der Waals surface area contributed by atoms with E-state index in [1.807, 2.05) is 0 Å². The molecule has 1 aliphatic rings. The molecule has 0 radical (unpaired) electrons. The molecule has 2 aromatic rings. The quantitative estimate of drug-likeness (QED) is 0.882. The highest BCUT2D eigenvalue weighted by atomic mass is 35.5. The van der Waals surface area contributed by atoms with Gasteiger partial charge in [-0.25, -0.2) is 0 Å². The molecule has 2 aromatic carbocycles. The molecule has 0 unspecified atom stereocenters. The third kappa shape index (κ3) is 2.74. The average Bonchev–Trinajstić information content (AvgIpc) is 2.81. The van der Waals surface area contributed by atoms with Gasteiger partial charge in [0, 0.05) is 12.6 Å². The predicted octanol–water partition coefficient (Wildman–Crippen LogP) is 3.89. The molecule has 18 heavy (non-hydrogen) atoms. The molecule has 1 N–H and O–H groups in total. The number of aryl methyl sites for hydroxylation is 1. The van der Waals surface area contributed by atoms with Gasteiger partial charge in [0.15, 0.2) is 0 Å². The van der Waals surface area contributed by atoms with Gasteiger partial charge in [-0.2, -0.15) is 0 Å². The lowest BCUT2D eigenvalue weighted by atomic mass is 10.1. The topological polar surface area (TPSA) is 12.0 Å². The lowest BCUT2D eigenvalue weighted by molar-refractivity contribution is 0.530. The minimum absolute atomic E-state index is 0. The number of fused-ring (bicyclic) bond motifs is 1. The molecular formula is C16H18ClN. The average molecular weight is 260 g/mol. The van der Waals surface area contributed by atoms with Crippen LogP contribution in [0.5, 0.6) is 0 Å². The van der Waals surface area contributed by atoms with Gasteiger partial charge < -0.3 is 5.32 Å². The Morgan fingerprint density at radius 3 is 2.50 bits per heavy atom. The second-order valence-corrected chi connectivity index (χ2v) is 4.66. The molecule has 1 atom stereocenters. The number of hydrogen-bond acceptors (Lipinski definition) is 1. The summed E-state index contributed by atoms with van der Waals surface area (Å²) in [7, 11) is 0. The molecule has 0 spiro atoms. The molecule has 0 heterocycles. The molecule has 0 fully saturated rings. The Hall–Kier alpha value is -1.31. The molecule has 0 amide bonds. The van der Waals surface area contributed by atoms with Crippen LogP contribution in [0.3, 0.4) is 0 Å². The number of benzene rings is 2. The van der Waals surface area contributed by atoms with E-state index in [0.29, 0.717) is 6.04 Å². The number of rotatable bonds is 3. The first-order chi connectivity index (χ1) is 8.43. The molecule has 0 bridgehead atoms. The highest BCUT2D eigenvalue weighted by molar-refractivity contribution is 5.85. The van der Waals surface area contributed by atoms with Gasteiger partial charge in [0.25, 0.3) is 0 Å². The molecule has 2 heteroatoms. The maximum absolute atomic E-state index is 3.65. The lowest BCUT2D eigenvalue weighted by Gasteiger charge is -2.13. The van der Waals surface area contributed by atoms with Crippen molar-refractivity contribution in [3.63, 3.8) is 0 Å². The van der Waals surface area contributed by atoms with Gasteiger partial charge in [0.1, 0.15) is 0 Å². The van der Waals surface area contributed by atoms with Crippen molar-refractivity contribution in [3.05, 3.63) is 71.3 Å². The molecule has 0 saturated heterocycles. The zero-order valence-electron chi connectivity index (χ0n) is 10.3. The zero-order chi connectivity index (χ0) is 11.5. The van der Waals surface area contributed by atoms with Gasteiger partial charge in [0.05, 0.1) is 0 Å². The summed E-state index contributed by atoms with van der Waals surface area (Å²) >= 11 is 0. The van der Waals surface area contributed by atoms with Crippen molar-refractivity contribution in [3.8, 4) is 0 Å². The Morgan fingerprint density at radius 2 is 1.67 bits per heavy atom. The second kappa shape index (κ2) is 6.03. The van der Waals surface area contributed by atoms with Gasteiger partial charge >= 0.3 is 0 Å². The zero-order valence-corrected chi connectivity index (χ0v) is 11.1. The highest BCUT2D eigenvalue weighted by Gasteiger charge is 2.20. The minimum Gasteiger partial charge on any atom is -0.306 e. The van der Waals surface area contributed by atoms with E-state index in [-0.39, 0.29) is 12.4 Å². The van der Waals surface area contributed by atoms with E-state index in [0.717, 1.165) is 6.54 Å². The van der Waals surface area contributed by atoms with Crippen LogP contribution in [0.25, 0.3) is 0 Å². The van der Waals surface area contributed by atoms with E-state index in [1.165, 1.54) is 29.5 Å². The van der Waals surface area contributed by atoms with Crippen LogP contribution in [-0.4, -0.2) is 0 Å². The third-order valence-electron chi connectivity index (χ3n) is 3.53. The highest BCUT2D eigenvalue weighted by Crippen LogP contribution is 2.30. The Labute approximate surface area is 115 Å². The van der Waals surface area contributed by atoms with Crippen LogP contribution in [0.1, 0.15) is 29.2 Å². The summed E-state index contributed by atoms with van der Waals surface area (Å²) in [4.78, 5) is 0. The van der Waals surface area contributed by atoms with Crippen LogP contribution in [0.2, 0.25) is 0 Å². The molecule has 1 aliphatic carbocycles. The van der Waals surface area contributed by atoms with Crippen LogP contribution in [-0.2, 0) is 13.0 Å². The Morgan fingerprint density at radius 1 is 0.944 bits per heavy atom. The molecular weight excluding hydrogens is 242 g/mol. The van der Waals surface area contributed by atoms with Crippen LogP contribution < -0.4 is 5.32 Å². The third-order valence-corrected chi connectivity index (χ3v) is 3.53. The standard InChI is InChI=1S/C16H17N.ClH/c1-2-6-13(7-3-1)12-17-16-11-10-14-8-4-5-9-15(14)16;/h1-9,16-17H,10-12H2;1H/t16-;/m1./s1. The smallest absolute Gasteiger partial charge is 0.0329 e. The van der Waals surface area contributed by atoms with Crippen LogP contribution in [0, 0.1) is 0 Å². The van der Waals surface area contributed by atoms with Crippen LogP contribution >= 0.6 is 12.4 Å². The van der Waals surface area contributed by atoms with Crippen molar-refractivity contribution in [2.75, 3.05) is 0 Å². The van der Waals surface area contributed by atoms with Crippen LogP contribution in [0.15, 0.2) is 54.6 Å². The maximum Gasteiger partial charge on any atom is 0.0329 e. The largest absolute Gasteiger partial charge is 0.306 e. The van der Waals surface area contributed by atoms with Crippen molar-refractivity contribution in [2.24, 2.45) is 0 Å². The number of halogens is 1. The van der Waals surface area contributed by atoms with E-state index in [4.69, 9.17) is 0 Å². The summed E-state index contributed by atoms with van der Waals surface area (Å²) in [5.41, 5.74) is 4.36. The summed E-state index contributed by atoms with van der Waals surface area (Å²) in [6, 6.07) is 19.9. The van der Waals surface area contributed by atoms with Crippen molar-refractivity contribution in [2.45, 2.75) is 25.4 Å². The number of hydrogen-bond donors (Lipinski definition) is 1. The Kier molecular flexibility index (Phi) is 4.40. The molecule has 0 saturated carbocycles. The van der Waals surface area contributed by atoms with Gasteiger partial charge in [-0.15, -0.1) is 12.4 Å². The van der Waals surface area contributed by atoms with E-state index in [1.54, 1.807) is 0 Å². The molecule has 0 aromatic heterocycles.